The highest BCUT2D eigenvalue weighted by Gasteiger charge is 2.65. The summed E-state index contributed by atoms with van der Waals surface area (Å²) in [5.41, 5.74) is 3.36. The van der Waals surface area contributed by atoms with Crippen LogP contribution in [0.2, 0.25) is 18.1 Å². The van der Waals surface area contributed by atoms with Crippen molar-refractivity contribution < 1.29 is 14.0 Å². The number of rotatable bonds is 5. The topological polar surface area (TPSA) is 35.5 Å². The first-order valence-corrected chi connectivity index (χ1v) is 13.7. The predicted molar refractivity (Wildman–Crippen MR) is 115 cm³/mol. The molecule has 0 amide bonds. The van der Waals surface area contributed by atoms with Crippen LogP contribution >= 0.6 is 0 Å². The van der Waals surface area contributed by atoms with Crippen molar-refractivity contribution in [3.8, 4) is 0 Å². The standard InChI is InChI=1S/C24H34O3Si/c1-7-26-23(25)21-18(15-11-9-8-10-12-15)19-16-13-14-17(20(19)21)22(16)27-28(5,6)24(2,3)4/h8-12,16-17,19-20,22H,7,13-14H2,1-6H3/t16-,17+,19+,20+,22-/m1/s1. The van der Waals surface area contributed by atoms with Crippen LogP contribution in [0.25, 0.3) is 5.57 Å². The molecule has 152 valence electrons. The van der Waals surface area contributed by atoms with E-state index in [2.05, 4.69) is 58.1 Å². The molecule has 28 heavy (non-hydrogen) atoms. The second-order valence-corrected chi connectivity index (χ2v) is 15.0. The third-order valence-corrected chi connectivity index (χ3v) is 12.2. The van der Waals surface area contributed by atoms with Gasteiger partial charge in [-0.05, 0) is 66.8 Å². The predicted octanol–water partition coefficient (Wildman–Crippen LogP) is 5.68. The average Bonchev–Trinajstić information content (AvgIpc) is 3.06. The first-order valence-electron chi connectivity index (χ1n) is 10.8. The minimum Gasteiger partial charge on any atom is -0.463 e. The minimum atomic E-state index is -1.85. The zero-order chi connectivity index (χ0) is 20.3. The van der Waals surface area contributed by atoms with Crippen LogP contribution in [0.4, 0.5) is 0 Å². The van der Waals surface area contributed by atoms with Gasteiger partial charge in [-0.3, -0.25) is 0 Å². The largest absolute Gasteiger partial charge is 0.463 e. The van der Waals surface area contributed by atoms with Gasteiger partial charge in [0.05, 0.1) is 12.7 Å². The Morgan fingerprint density at radius 3 is 2.25 bits per heavy atom. The van der Waals surface area contributed by atoms with E-state index in [-0.39, 0.29) is 11.0 Å². The fraction of sp³-hybridized carbons (Fsp3) is 0.625. The SMILES string of the molecule is CCOC(=O)C1=C(c2ccccc2)[C@@H]2[C@H]3CC[C@H]([C@@H]3O[Si](C)(C)C(C)(C)C)[C@H]12. The molecule has 0 heterocycles. The average molecular weight is 399 g/mol. The van der Waals surface area contributed by atoms with Crippen LogP contribution in [-0.4, -0.2) is 27.0 Å². The van der Waals surface area contributed by atoms with Crippen LogP contribution in [0.15, 0.2) is 35.9 Å². The van der Waals surface area contributed by atoms with E-state index in [4.69, 9.17) is 9.16 Å². The highest BCUT2D eigenvalue weighted by molar-refractivity contribution is 6.74. The first kappa shape index (κ1) is 19.9. The van der Waals surface area contributed by atoms with E-state index in [1.165, 1.54) is 24.0 Å². The lowest BCUT2D eigenvalue weighted by Crippen LogP contribution is -2.45. The first-order chi connectivity index (χ1) is 13.2. The molecule has 0 saturated heterocycles. The molecule has 2 fully saturated rings. The smallest absolute Gasteiger partial charge is 0.334 e. The number of esters is 1. The molecular weight excluding hydrogens is 364 g/mol. The summed E-state index contributed by atoms with van der Waals surface area (Å²) < 4.78 is 12.4. The van der Waals surface area contributed by atoms with Crippen LogP contribution in [0.5, 0.6) is 0 Å². The van der Waals surface area contributed by atoms with Crippen molar-refractivity contribution in [1.29, 1.82) is 0 Å². The van der Waals surface area contributed by atoms with E-state index >= 15 is 0 Å². The van der Waals surface area contributed by atoms with E-state index in [0.29, 0.717) is 36.4 Å². The van der Waals surface area contributed by atoms with Gasteiger partial charge in [0.25, 0.3) is 0 Å². The maximum Gasteiger partial charge on any atom is 0.334 e. The Kier molecular flexibility index (Phi) is 4.86. The number of hydrogen-bond acceptors (Lipinski definition) is 3. The van der Waals surface area contributed by atoms with Gasteiger partial charge in [0.1, 0.15) is 0 Å². The molecule has 0 N–H and O–H groups in total. The van der Waals surface area contributed by atoms with E-state index < -0.39 is 8.32 Å². The summed E-state index contributed by atoms with van der Waals surface area (Å²) in [4.78, 5) is 12.9. The number of ether oxygens (including phenoxy) is 1. The van der Waals surface area contributed by atoms with Crippen LogP contribution in [-0.2, 0) is 14.0 Å². The molecule has 0 spiro atoms. The summed E-state index contributed by atoms with van der Waals surface area (Å²) in [6.07, 6.45) is 2.69. The molecule has 3 nitrogen and oxygen atoms in total. The van der Waals surface area contributed by atoms with E-state index in [9.17, 15) is 4.79 Å². The maximum atomic E-state index is 12.9. The third kappa shape index (κ3) is 2.91. The molecule has 0 aromatic heterocycles. The lowest BCUT2D eigenvalue weighted by atomic mass is 9.59. The van der Waals surface area contributed by atoms with Gasteiger partial charge in [-0.15, -0.1) is 0 Å². The quantitative estimate of drug-likeness (QED) is 0.473. The van der Waals surface area contributed by atoms with Gasteiger partial charge in [0, 0.05) is 11.5 Å². The van der Waals surface area contributed by atoms with Crippen molar-refractivity contribution >= 4 is 19.9 Å². The summed E-state index contributed by atoms with van der Waals surface area (Å²) >= 11 is 0. The molecule has 0 unspecified atom stereocenters. The molecule has 0 aliphatic heterocycles. The molecule has 0 radical (unpaired) electrons. The summed E-state index contributed by atoms with van der Waals surface area (Å²) in [5, 5.41) is 0.202. The highest BCUT2D eigenvalue weighted by atomic mass is 28.4. The molecular formula is C24H34O3Si. The number of carbonyl (C=O) groups is 1. The second kappa shape index (κ2) is 6.84. The fourth-order valence-electron chi connectivity index (χ4n) is 5.49. The molecule has 1 aromatic carbocycles. The van der Waals surface area contributed by atoms with Crippen LogP contribution < -0.4 is 0 Å². The summed E-state index contributed by atoms with van der Waals surface area (Å²) in [6, 6.07) is 10.4. The molecule has 3 aliphatic carbocycles. The van der Waals surface area contributed by atoms with Crippen molar-refractivity contribution in [3.05, 3.63) is 41.5 Å². The van der Waals surface area contributed by atoms with Crippen molar-refractivity contribution in [2.45, 2.75) is 64.8 Å². The minimum absolute atomic E-state index is 0.110. The normalized spacial score (nSPS) is 31.6. The zero-order valence-electron chi connectivity index (χ0n) is 18.1. The Morgan fingerprint density at radius 2 is 1.68 bits per heavy atom. The molecule has 4 rings (SSSR count). The van der Waals surface area contributed by atoms with Gasteiger partial charge in [-0.2, -0.15) is 0 Å². The van der Waals surface area contributed by atoms with Gasteiger partial charge < -0.3 is 9.16 Å². The third-order valence-electron chi connectivity index (χ3n) is 7.76. The molecule has 2 saturated carbocycles. The van der Waals surface area contributed by atoms with Gasteiger partial charge >= 0.3 is 5.97 Å². The second-order valence-electron chi connectivity index (χ2n) is 10.2. The van der Waals surface area contributed by atoms with Gasteiger partial charge in [-0.25, -0.2) is 4.79 Å². The Balaban J connectivity index is 1.68. The van der Waals surface area contributed by atoms with Gasteiger partial charge in [0.2, 0.25) is 0 Å². The number of hydrogen-bond donors (Lipinski definition) is 0. The molecule has 4 heteroatoms. The maximum absolute atomic E-state index is 12.9. The molecule has 2 bridgehead atoms. The number of allylic oxidation sites excluding steroid dienone is 1. The summed E-state index contributed by atoms with van der Waals surface area (Å²) in [7, 11) is -1.85. The van der Waals surface area contributed by atoms with E-state index in [0.717, 1.165) is 5.57 Å². The Labute approximate surface area is 170 Å². The van der Waals surface area contributed by atoms with Crippen LogP contribution in [0.1, 0.15) is 46.1 Å². The Hall–Kier alpha value is -1.39. The lowest BCUT2D eigenvalue weighted by Gasteiger charge is -2.43. The molecule has 1 aromatic rings. The lowest BCUT2D eigenvalue weighted by molar-refractivity contribution is -0.140. The van der Waals surface area contributed by atoms with Crippen molar-refractivity contribution in [3.63, 3.8) is 0 Å². The van der Waals surface area contributed by atoms with Crippen molar-refractivity contribution in [2.75, 3.05) is 6.61 Å². The monoisotopic (exact) mass is 398 g/mol. The van der Waals surface area contributed by atoms with Gasteiger partial charge in [0.15, 0.2) is 8.32 Å². The van der Waals surface area contributed by atoms with Crippen LogP contribution in [0, 0.1) is 23.7 Å². The Bertz CT molecular complexity index is 790. The number of benzene rings is 1. The number of fused-ring (bicyclic) bond motifs is 5. The van der Waals surface area contributed by atoms with E-state index in [1.54, 1.807) is 0 Å². The van der Waals surface area contributed by atoms with Crippen LogP contribution in [0.3, 0.4) is 0 Å². The molecule has 5 atom stereocenters. The number of carbonyl (C=O) groups excluding carboxylic acids is 1. The summed E-state index contributed by atoms with van der Waals surface area (Å²) in [6.45, 7) is 13.9. The zero-order valence-corrected chi connectivity index (χ0v) is 19.1. The summed E-state index contributed by atoms with van der Waals surface area (Å²) in [5.74, 6) is 1.67. The van der Waals surface area contributed by atoms with Crippen molar-refractivity contribution in [2.24, 2.45) is 23.7 Å². The van der Waals surface area contributed by atoms with Gasteiger partial charge in [-0.1, -0.05) is 51.1 Å². The van der Waals surface area contributed by atoms with Crippen molar-refractivity contribution in [1.82, 2.24) is 0 Å². The highest BCUT2D eigenvalue weighted by Crippen LogP contribution is 2.67. The van der Waals surface area contributed by atoms with E-state index in [1.807, 2.05) is 13.0 Å². The fourth-order valence-corrected chi connectivity index (χ4v) is 6.88. The molecule has 3 aliphatic rings. The Morgan fingerprint density at radius 1 is 1.07 bits per heavy atom.